The van der Waals surface area contributed by atoms with Gasteiger partial charge in [-0.15, -0.1) is 10.2 Å². The van der Waals surface area contributed by atoms with Crippen molar-refractivity contribution in [2.45, 2.75) is 31.6 Å². The normalized spacial score (nSPS) is 15.5. The first-order valence-electron chi connectivity index (χ1n) is 11.3. The molecule has 10 heteroatoms. The molecule has 0 saturated carbocycles. The summed E-state index contributed by atoms with van der Waals surface area (Å²) in [5.74, 6) is 0.160. The number of aromatic nitrogens is 2. The zero-order valence-electron chi connectivity index (χ0n) is 19.6. The Labute approximate surface area is 204 Å². The minimum absolute atomic E-state index is 0.177. The van der Waals surface area contributed by atoms with E-state index < -0.39 is 10.0 Å². The van der Waals surface area contributed by atoms with Crippen LogP contribution in [0.25, 0.3) is 10.6 Å². The van der Waals surface area contributed by atoms with Crippen molar-refractivity contribution in [3.8, 4) is 10.6 Å². The third-order valence-corrected chi connectivity index (χ3v) is 8.62. The number of carbonyl (C=O) groups excluding carboxylic acids is 1. The van der Waals surface area contributed by atoms with Gasteiger partial charge in [0.2, 0.25) is 21.1 Å². The summed E-state index contributed by atoms with van der Waals surface area (Å²) in [5, 5.41) is 12.3. The van der Waals surface area contributed by atoms with Crippen molar-refractivity contribution in [3.05, 3.63) is 59.7 Å². The van der Waals surface area contributed by atoms with Crippen LogP contribution in [0.5, 0.6) is 0 Å². The fraction of sp³-hybridized carbons (Fsp3) is 0.375. The number of hydrogen-bond acceptors (Lipinski definition) is 7. The molecule has 4 rings (SSSR count). The SMILES string of the molecule is Cc1cccc(-c2nnc(NC(=O)CN3CCN(S(=O)(=O)c4ccc(C(C)C)cc4)CC3)s2)c1. The van der Waals surface area contributed by atoms with Gasteiger partial charge in [0.25, 0.3) is 0 Å². The molecule has 1 aliphatic heterocycles. The minimum atomic E-state index is -3.54. The van der Waals surface area contributed by atoms with Gasteiger partial charge < -0.3 is 0 Å². The maximum absolute atomic E-state index is 13.0. The van der Waals surface area contributed by atoms with Gasteiger partial charge in [0, 0.05) is 31.7 Å². The molecule has 2 heterocycles. The number of carbonyl (C=O) groups is 1. The van der Waals surface area contributed by atoms with E-state index in [1.54, 1.807) is 12.1 Å². The smallest absolute Gasteiger partial charge is 0.243 e. The molecular formula is C24H29N5O3S2. The molecule has 0 atom stereocenters. The molecule has 1 aliphatic rings. The van der Waals surface area contributed by atoms with Crippen molar-refractivity contribution < 1.29 is 13.2 Å². The Balaban J connectivity index is 1.29. The third-order valence-electron chi connectivity index (χ3n) is 5.82. The number of aryl methyl sites for hydroxylation is 1. The van der Waals surface area contributed by atoms with Crippen LogP contribution in [-0.4, -0.2) is 66.5 Å². The van der Waals surface area contributed by atoms with Crippen molar-refractivity contribution in [3.63, 3.8) is 0 Å². The quantitative estimate of drug-likeness (QED) is 0.534. The monoisotopic (exact) mass is 499 g/mol. The lowest BCUT2D eigenvalue weighted by Gasteiger charge is -2.33. The Morgan fingerprint density at radius 2 is 1.76 bits per heavy atom. The summed E-state index contributed by atoms with van der Waals surface area (Å²) < 4.78 is 27.5. The number of nitrogens with one attached hydrogen (secondary N) is 1. The lowest BCUT2D eigenvalue weighted by molar-refractivity contribution is -0.117. The molecule has 1 N–H and O–H groups in total. The Bertz CT molecular complexity index is 1250. The average molecular weight is 500 g/mol. The second kappa shape index (κ2) is 10.3. The summed E-state index contributed by atoms with van der Waals surface area (Å²) >= 11 is 1.33. The van der Waals surface area contributed by atoms with Gasteiger partial charge >= 0.3 is 0 Å². The summed E-state index contributed by atoms with van der Waals surface area (Å²) in [6.45, 7) is 8.01. The zero-order chi connectivity index (χ0) is 24.3. The molecule has 34 heavy (non-hydrogen) atoms. The number of sulfonamides is 1. The number of rotatable bonds is 7. The maximum Gasteiger partial charge on any atom is 0.243 e. The first-order chi connectivity index (χ1) is 16.2. The number of nitrogens with zero attached hydrogens (tertiary/aromatic N) is 4. The highest BCUT2D eigenvalue weighted by Gasteiger charge is 2.29. The van der Waals surface area contributed by atoms with E-state index in [0.717, 1.165) is 21.7 Å². The van der Waals surface area contributed by atoms with E-state index in [2.05, 4.69) is 29.4 Å². The fourth-order valence-corrected chi connectivity index (χ4v) is 6.01. The van der Waals surface area contributed by atoms with E-state index in [4.69, 9.17) is 0 Å². The van der Waals surface area contributed by atoms with Gasteiger partial charge in [-0.1, -0.05) is 61.1 Å². The van der Waals surface area contributed by atoms with Crippen molar-refractivity contribution >= 4 is 32.4 Å². The second-order valence-corrected chi connectivity index (χ2v) is 11.6. The summed E-state index contributed by atoms with van der Waals surface area (Å²) in [5.41, 5.74) is 3.21. The molecule has 3 aromatic rings. The van der Waals surface area contributed by atoms with Crippen LogP contribution >= 0.6 is 11.3 Å². The van der Waals surface area contributed by atoms with E-state index in [1.807, 2.05) is 48.2 Å². The zero-order valence-corrected chi connectivity index (χ0v) is 21.2. The van der Waals surface area contributed by atoms with Crippen LogP contribution in [0.1, 0.15) is 30.9 Å². The molecular weight excluding hydrogens is 470 g/mol. The predicted octanol–water partition coefficient (Wildman–Crippen LogP) is 3.58. The largest absolute Gasteiger partial charge is 0.299 e. The molecule has 180 valence electrons. The predicted molar refractivity (Wildman–Crippen MR) is 134 cm³/mol. The number of piperazine rings is 1. The molecule has 2 aromatic carbocycles. The van der Waals surface area contributed by atoms with Gasteiger partial charge in [0.1, 0.15) is 5.01 Å². The Morgan fingerprint density at radius 3 is 2.41 bits per heavy atom. The Kier molecular flexibility index (Phi) is 7.42. The van der Waals surface area contributed by atoms with Crippen molar-refractivity contribution in [2.24, 2.45) is 0 Å². The van der Waals surface area contributed by atoms with Crippen LogP contribution in [0.3, 0.4) is 0 Å². The van der Waals surface area contributed by atoms with Crippen LogP contribution in [0.4, 0.5) is 5.13 Å². The van der Waals surface area contributed by atoms with E-state index in [0.29, 0.717) is 42.1 Å². The van der Waals surface area contributed by atoms with Crippen molar-refractivity contribution in [2.75, 3.05) is 38.0 Å². The topological polar surface area (TPSA) is 95.5 Å². The van der Waals surface area contributed by atoms with Crippen LogP contribution in [0.2, 0.25) is 0 Å². The van der Waals surface area contributed by atoms with Gasteiger partial charge in [-0.3, -0.25) is 15.0 Å². The number of hydrogen-bond donors (Lipinski definition) is 1. The van der Waals surface area contributed by atoms with E-state index in [1.165, 1.54) is 15.6 Å². The highest BCUT2D eigenvalue weighted by Crippen LogP contribution is 2.27. The third kappa shape index (κ3) is 5.69. The second-order valence-electron chi connectivity index (χ2n) is 8.73. The Morgan fingerprint density at radius 1 is 1.06 bits per heavy atom. The lowest BCUT2D eigenvalue weighted by Crippen LogP contribution is -2.50. The van der Waals surface area contributed by atoms with Crippen molar-refractivity contribution in [1.29, 1.82) is 0 Å². The molecule has 0 unspecified atom stereocenters. The number of benzene rings is 2. The molecule has 1 aromatic heterocycles. The van der Waals surface area contributed by atoms with E-state index in [9.17, 15) is 13.2 Å². The summed E-state index contributed by atoms with van der Waals surface area (Å²) in [6, 6.07) is 15.1. The molecule has 0 aliphatic carbocycles. The van der Waals surface area contributed by atoms with Gasteiger partial charge in [0.05, 0.1) is 11.4 Å². The standard InChI is InChI=1S/C24H29N5O3S2/c1-17(2)19-7-9-21(10-8-19)34(31,32)29-13-11-28(12-14-29)16-22(30)25-24-27-26-23(33-24)20-6-4-5-18(3)15-20/h4-10,15,17H,11-14,16H2,1-3H3,(H,25,27,30). The highest BCUT2D eigenvalue weighted by atomic mass is 32.2. The van der Waals surface area contributed by atoms with Gasteiger partial charge in [0.15, 0.2) is 0 Å². The van der Waals surface area contributed by atoms with E-state index >= 15 is 0 Å². The van der Waals surface area contributed by atoms with Crippen LogP contribution < -0.4 is 5.32 Å². The molecule has 0 radical (unpaired) electrons. The maximum atomic E-state index is 13.0. The van der Waals surface area contributed by atoms with Crippen molar-refractivity contribution in [1.82, 2.24) is 19.4 Å². The average Bonchev–Trinajstić information content (AvgIpc) is 3.28. The minimum Gasteiger partial charge on any atom is -0.299 e. The highest BCUT2D eigenvalue weighted by molar-refractivity contribution is 7.89. The molecule has 1 amide bonds. The molecule has 8 nitrogen and oxygen atoms in total. The fourth-order valence-electron chi connectivity index (χ4n) is 3.83. The van der Waals surface area contributed by atoms with Gasteiger partial charge in [-0.2, -0.15) is 4.31 Å². The number of amides is 1. The van der Waals surface area contributed by atoms with Gasteiger partial charge in [-0.25, -0.2) is 8.42 Å². The lowest BCUT2D eigenvalue weighted by atomic mass is 10.0. The van der Waals surface area contributed by atoms with E-state index in [-0.39, 0.29) is 12.5 Å². The van der Waals surface area contributed by atoms with Crippen LogP contribution in [0.15, 0.2) is 53.4 Å². The van der Waals surface area contributed by atoms with Crippen LogP contribution in [-0.2, 0) is 14.8 Å². The summed E-state index contributed by atoms with van der Waals surface area (Å²) in [6.07, 6.45) is 0. The van der Waals surface area contributed by atoms with Crippen LogP contribution in [0, 0.1) is 6.92 Å². The summed E-state index contributed by atoms with van der Waals surface area (Å²) in [7, 11) is -3.54. The molecule has 1 saturated heterocycles. The first kappa shape index (κ1) is 24.5. The first-order valence-corrected chi connectivity index (χ1v) is 13.5. The summed E-state index contributed by atoms with van der Waals surface area (Å²) in [4.78, 5) is 14.8. The molecule has 0 spiro atoms. The molecule has 1 fully saturated rings. The molecule has 0 bridgehead atoms. The Hall–Kier alpha value is -2.66. The number of anilines is 1. The van der Waals surface area contributed by atoms with Gasteiger partial charge in [-0.05, 0) is 36.6 Å².